The molecule has 0 fully saturated rings. The van der Waals surface area contributed by atoms with E-state index < -0.39 is 0 Å². The number of hydrogen-bond acceptors (Lipinski definition) is 4. The van der Waals surface area contributed by atoms with Crippen LogP contribution in [0.5, 0.6) is 5.75 Å². The molecule has 6 nitrogen and oxygen atoms in total. The smallest absolute Gasteiger partial charge is 0.224 e. The monoisotopic (exact) mass is 556 g/mol. The number of carbonyl (C=O) groups is 1. The van der Waals surface area contributed by atoms with E-state index >= 15 is 0 Å². The van der Waals surface area contributed by atoms with E-state index in [2.05, 4.69) is 46.1 Å². The predicted molar refractivity (Wildman–Crippen MR) is 139 cm³/mol. The lowest BCUT2D eigenvalue weighted by atomic mass is 9.98. The lowest BCUT2D eigenvalue weighted by Crippen LogP contribution is -2.41. The second-order valence-corrected chi connectivity index (χ2v) is 8.57. The zero-order chi connectivity index (χ0) is 21.3. The van der Waals surface area contributed by atoms with Crippen LogP contribution in [0.3, 0.4) is 0 Å². The number of thiophene rings is 1. The van der Waals surface area contributed by atoms with Crippen LogP contribution in [-0.2, 0) is 17.8 Å². The molecule has 1 atom stereocenters. The highest BCUT2D eigenvalue weighted by molar-refractivity contribution is 14.0. The summed E-state index contributed by atoms with van der Waals surface area (Å²) >= 11 is 1.79. The fourth-order valence-electron chi connectivity index (χ4n) is 3.63. The lowest BCUT2D eigenvalue weighted by Gasteiger charge is -2.27. The summed E-state index contributed by atoms with van der Waals surface area (Å²) < 4.78 is 5.22. The van der Waals surface area contributed by atoms with Crippen LogP contribution in [-0.4, -0.2) is 50.6 Å². The zero-order valence-corrected chi connectivity index (χ0v) is 21.7. The van der Waals surface area contributed by atoms with Gasteiger partial charge in [0.25, 0.3) is 0 Å². The average Bonchev–Trinajstić information content (AvgIpc) is 3.25. The van der Waals surface area contributed by atoms with E-state index in [9.17, 15) is 4.79 Å². The summed E-state index contributed by atoms with van der Waals surface area (Å²) in [7, 11) is 3.44. The molecule has 1 aromatic carbocycles. The summed E-state index contributed by atoms with van der Waals surface area (Å²) in [6, 6.07) is 10.4. The van der Waals surface area contributed by atoms with E-state index in [0.717, 1.165) is 44.2 Å². The Morgan fingerprint density at radius 1 is 1.23 bits per heavy atom. The molecule has 0 spiro atoms. The first-order chi connectivity index (χ1) is 14.6. The van der Waals surface area contributed by atoms with Gasteiger partial charge < -0.3 is 20.3 Å². The second kappa shape index (κ2) is 12.9. The Kier molecular flexibility index (Phi) is 10.6. The molecular formula is C23H33IN4O2S. The van der Waals surface area contributed by atoms with Gasteiger partial charge in [-0.15, -0.1) is 35.3 Å². The zero-order valence-electron chi connectivity index (χ0n) is 18.5. The molecule has 8 heteroatoms. The molecule has 1 amide bonds. The minimum atomic E-state index is 0. The van der Waals surface area contributed by atoms with E-state index in [1.165, 1.54) is 16.0 Å². The summed E-state index contributed by atoms with van der Waals surface area (Å²) in [4.78, 5) is 20.2. The molecule has 1 aromatic heterocycles. The van der Waals surface area contributed by atoms with E-state index in [1.54, 1.807) is 25.5 Å². The van der Waals surface area contributed by atoms with E-state index in [4.69, 9.17) is 4.74 Å². The van der Waals surface area contributed by atoms with Crippen molar-refractivity contribution in [2.75, 3.05) is 33.8 Å². The van der Waals surface area contributed by atoms with Crippen LogP contribution < -0.4 is 15.4 Å². The average molecular weight is 557 g/mol. The number of nitrogens with one attached hydrogen (secondary N) is 2. The molecule has 2 heterocycles. The van der Waals surface area contributed by atoms with Gasteiger partial charge >= 0.3 is 0 Å². The molecule has 1 aliphatic heterocycles. The maximum Gasteiger partial charge on any atom is 0.224 e. The van der Waals surface area contributed by atoms with Crippen molar-refractivity contribution >= 4 is 47.2 Å². The molecule has 0 saturated heterocycles. The number of hydrogen-bond donors (Lipinski definition) is 2. The quantitative estimate of drug-likeness (QED) is 0.293. The Balaban J connectivity index is 0.00000341. The van der Waals surface area contributed by atoms with Crippen LogP contribution in [0, 0.1) is 0 Å². The molecule has 170 valence electrons. The Labute approximate surface area is 206 Å². The van der Waals surface area contributed by atoms with Gasteiger partial charge in [-0.05, 0) is 53.5 Å². The lowest BCUT2D eigenvalue weighted by molar-refractivity contribution is -0.131. The number of benzene rings is 1. The van der Waals surface area contributed by atoms with Gasteiger partial charge in [0, 0.05) is 44.5 Å². The largest absolute Gasteiger partial charge is 0.497 e. The fraction of sp³-hybridized carbons (Fsp3) is 0.478. The molecule has 1 unspecified atom stereocenters. The Morgan fingerprint density at radius 3 is 2.68 bits per heavy atom. The number of methoxy groups -OCH3 is 1. The Morgan fingerprint density at radius 2 is 1.97 bits per heavy atom. The van der Waals surface area contributed by atoms with Crippen molar-refractivity contribution in [3.05, 3.63) is 51.7 Å². The third-order valence-corrected chi connectivity index (χ3v) is 6.59. The second-order valence-electron chi connectivity index (χ2n) is 7.57. The van der Waals surface area contributed by atoms with Gasteiger partial charge in [0.1, 0.15) is 5.75 Å². The van der Waals surface area contributed by atoms with Gasteiger partial charge in [-0.2, -0.15) is 0 Å². The molecule has 0 radical (unpaired) electrons. The van der Waals surface area contributed by atoms with Crippen molar-refractivity contribution in [3.63, 3.8) is 0 Å². The van der Waals surface area contributed by atoms with Gasteiger partial charge in [0.2, 0.25) is 5.91 Å². The SMILES string of the molecule is CN=C(NCCC(=O)N1CCc2sccc2C1)NCCC(C)c1ccc(OC)cc1.I. The number of halogens is 1. The van der Waals surface area contributed by atoms with Crippen LogP contribution in [0.25, 0.3) is 0 Å². The topological polar surface area (TPSA) is 66.0 Å². The number of rotatable bonds is 8. The summed E-state index contributed by atoms with van der Waals surface area (Å²) in [6.45, 7) is 5.18. The first-order valence-electron chi connectivity index (χ1n) is 10.5. The van der Waals surface area contributed by atoms with Crippen molar-refractivity contribution in [3.8, 4) is 5.75 Å². The first kappa shape index (κ1) is 25.5. The highest BCUT2D eigenvalue weighted by Gasteiger charge is 2.21. The third-order valence-electron chi connectivity index (χ3n) is 5.57. The van der Waals surface area contributed by atoms with Crippen molar-refractivity contribution in [2.45, 2.75) is 38.6 Å². The minimum absolute atomic E-state index is 0. The molecule has 0 saturated carbocycles. The molecular weight excluding hydrogens is 523 g/mol. The third kappa shape index (κ3) is 7.38. The van der Waals surface area contributed by atoms with Gasteiger partial charge in [0.05, 0.1) is 7.11 Å². The predicted octanol–water partition coefficient (Wildman–Crippen LogP) is 4.01. The maximum absolute atomic E-state index is 12.5. The van der Waals surface area contributed by atoms with Crippen LogP contribution in [0.2, 0.25) is 0 Å². The first-order valence-corrected chi connectivity index (χ1v) is 11.4. The minimum Gasteiger partial charge on any atom is -0.497 e. The Bertz CT molecular complexity index is 854. The standard InChI is InChI=1S/C23H32N4O2S.HI/c1-17(18-4-6-20(29-3)7-5-18)8-12-25-23(24-2)26-13-9-22(28)27-14-10-21-19(16-27)11-15-30-21;/h4-7,11,15,17H,8-10,12-14,16H2,1-3H3,(H2,24,25,26);1H. The molecule has 3 rings (SSSR count). The van der Waals surface area contributed by atoms with Gasteiger partial charge in [-0.25, -0.2) is 0 Å². The summed E-state index contributed by atoms with van der Waals surface area (Å²) in [5, 5.41) is 8.72. The molecule has 2 aromatic rings. The Hall–Kier alpha value is -1.81. The fourth-order valence-corrected chi connectivity index (χ4v) is 4.52. The van der Waals surface area contributed by atoms with E-state index in [1.807, 2.05) is 17.0 Å². The van der Waals surface area contributed by atoms with Crippen LogP contribution >= 0.6 is 35.3 Å². The number of ether oxygens (including phenoxy) is 1. The number of carbonyl (C=O) groups excluding carboxylic acids is 1. The molecule has 1 aliphatic rings. The number of amides is 1. The number of guanidine groups is 1. The molecule has 31 heavy (non-hydrogen) atoms. The number of nitrogens with zero attached hydrogens (tertiary/aromatic N) is 2. The number of fused-ring (bicyclic) bond motifs is 1. The van der Waals surface area contributed by atoms with Crippen molar-refractivity contribution in [2.24, 2.45) is 4.99 Å². The van der Waals surface area contributed by atoms with Gasteiger partial charge in [-0.3, -0.25) is 9.79 Å². The van der Waals surface area contributed by atoms with E-state index in [-0.39, 0.29) is 29.9 Å². The normalized spacial score (nSPS) is 14.3. The van der Waals surface area contributed by atoms with Crippen molar-refractivity contribution in [1.82, 2.24) is 15.5 Å². The summed E-state index contributed by atoms with van der Waals surface area (Å²) in [5.74, 6) is 2.25. The van der Waals surface area contributed by atoms with Crippen LogP contribution in [0.15, 0.2) is 40.7 Å². The molecule has 2 N–H and O–H groups in total. The molecule has 0 bridgehead atoms. The molecule has 0 aliphatic carbocycles. The van der Waals surface area contributed by atoms with E-state index in [0.29, 0.717) is 18.9 Å². The van der Waals surface area contributed by atoms with Crippen molar-refractivity contribution < 1.29 is 9.53 Å². The van der Waals surface area contributed by atoms with Gasteiger partial charge in [0.15, 0.2) is 5.96 Å². The summed E-state index contributed by atoms with van der Waals surface area (Å²) in [6.07, 6.45) is 2.44. The highest BCUT2D eigenvalue weighted by Crippen LogP contribution is 2.24. The van der Waals surface area contributed by atoms with Crippen LogP contribution in [0.1, 0.15) is 41.7 Å². The summed E-state index contributed by atoms with van der Waals surface area (Å²) in [5.41, 5.74) is 2.59. The van der Waals surface area contributed by atoms with Crippen molar-refractivity contribution in [1.29, 1.82) is 0 Å². The van der Waals surface area contributed by atoms with Gasteiger partial charge in [-0.1, -0.05) is 19.1 Å². The maximum atomic E-state index is 12.5. The van der Waals surface area contributed by atoms with Crippen LogP contribution in [0.4, 0.5) is 0 Å². The number of aliphatic imine (C=N–C) groups is 1. The highest BCUT2D eigenvalue weighted by atomic mass is 127.